The smallest absolute Gasteiger partial charge is 0.145 e. The standard InChI is InChI=1S/C41H32N2O/c1-41(2)34-18-7-9-21-37(34)44-39-32(17-11-19-35(39)41)30-14-10-15-31(26-30)40-42-36-20-8-6-16-33(36)38(43-40)29-24-22-28(23-25-29)27-12-4-3-5-13-27/h3-26,40,42H,1-2H3. The molecule has 2 heterocycles. The molecule has 0 aromatic heterocycles. The zero-order valence-electron chi connectivity index (χ0n) is 24.8. The summed E-state index contributed by atoms with van der Waals surface area (Å²) in [6.07, 6.45) is -0.230. The molecule has 6 aromatic carbocycles. The zero-order valence-corrected chi connectivity index (χ0v) is 24.8. The number of hydrogen-bond acceptors (Lipinski definition) is 3. The van der Waals surface area contributed by atoms with Gasteiger partial charge in [-0.25, -0.2) is 0 Å². The molecule has 2 aliphatic rings. The van der Waals surface area contributed by atoms with Crippen LogP contribution in [0, 0.1) is 0 Å². The van der Waals surface area contributed by atoms with Crippen LogP contribution in [-0.4, -0.2) is 5.71 Å². The van der Waals surface area contributed by atoms with E-state index in [1.807, 2.05) is 12.1 Å². The lowest BCUT2D eigenvalue weighted by Crippen LogP contribution is -2.24. The molecule has 1 N–H and O–H groups in total. The van der Waals surface area contributed by atoms with Crippen molar-refractivity contribution in [3.63, 3.8) is 0 Å². The molecule has 0 aliphatic carbocycles. The van der Waals surface area contributed by atoms with E-state index in [9.17, 15) is 0 Å². The van der Waals surface area contributed by atoms with Crippen LogP contribution in [0.1, 0.15) is 47.8 Å². The van der Waals surface area contributed by atoms with Gasteiger partial charge in [-0.1, -0.05) is 141 Å². The molecule has 3 nitrogen and oxygen atoms in total. The van der Waals surface area contributed by atoms with Crippen molar-refractivity contribution in [2.45, 2.75) is 25.4 Å². The second-order valence-corrected chi connectivity index (χ2v) is 12.0. The molecule has 1 atom stereocenters. The monoisotopic (exact) mass is 568 g/mol. The highest BCUT2D eigenvalue weighted by Crippen LogP contribution is 2.51. The minimum Gasteiger partial charge on any atom is -0.456 e. The van der Waals surface area contributed by atoms with Crippen LogP contribution in [0.2, 0.25) is 0 Å². The van der Waals surface area contributed by atoms with Crippen molar-refractivity contribution >= 4 is 11.4 Å². The molecule has 0 amide bonds. The quantitative estimate of drug-likeness (QED) is 0.229. The summed E-state index contributed by atoms with van der Waals surface area (Å²) in [5, 5.41) is 3.70. The van der Waals surface area contributed by atoms with Gasteiger partial charge in [0, 0.05) is 38.9 Å². The van der Waals surface area contributed by atoms with Crippen LogP contribution in [-0.2, 0) is 5.41 Å². The van der Waals surface area contributed by atoms with E-state index in [0.29, 0.717) is 0 Å². The number of anilines is 1. The summed E-state index contributed by atoms with van der Waals surface area (Å²) < 4.78 is 6.60. The first-order valence-corrected chi connectivity index (χ1v) is 15.2. The Hall–Kier alpha value is -5.41. The fraction of sp³-hybridized carbons (Fsp3) is 0.0976. The van der Waals surface area contributed by atoms with Crippen LogP contribution in [0.15, 0.2) is 151 Å². The average molecular weight is 569 g/mol. The number of nitrogens with zero attached hydrogens (tertiary/aromatic N) is 1. The number of ether oxygens (including phenoxy) is 1. The van der Waals surface area contributed by atoms with Crippen LogP contribution in [0.4, 0.5) is 5.69 Å². The number of aliphatic imine (C=N–C) groups is 1. The Bertz CT molecular complexity index is 2040. The first-order valence-electron chi connectivity index (χ1n) is 15.2. The first kappa shape index (κ1) is 26.2. The van der Waals surface area contributed by atoms with Gasteiger partial charge in [-0.3, -0.25) is 4.99 Å². The van der Waals surface area contributed by atoms with Gasteiger partial charge in [0.1, 0.15) is 17.7 Å². The second kappa shape index (κ2) is 10.4. The average Bonchev–Trinajstić information content (AvgIpc) is 3.08. The maximum Gasteiger partial charge on any atom is 0.145 e. The Kier molecular flexibility index (Phi) is 6.20. The van der Waals surface area contributed by atoms with Crippen molar-refractivity contribution < 1.29 is 4.74 Å². The molecule has 3 heteroatoms. The van der Waals surface area contributed by atoms with Crippen molar-refractivity contribution in [2.24, 2.45) is 4.99 Å². The topological polar surface area (TPSA) is 33.6 Å². The molecular weight excluding hydrogens is 536 g/mol. The fourth-order valence-electron chi connectivity index (χ4n) is 6.60. The highest BCUT2D eigenvalue weighted by atomic mass is 16.5. The molecule has 1 unspecified atom stereocenters. The van der Waals surface area contributed by atoms with Gasteiger partial charge in [0.25, 0.3) is 0 Å². The van der Waals surface area contributed by atoms with Crippen LogP contribution >= 0.6 is 0 Å². The van der Waals surface area contributed by atoms with Crippen LogP contribution in [0.25, 0.3) is 22.3 Å². The highest BCUT2D eigenvalue weighted by Gasteiger charge is 2.35. The van der Waals surface area contributed by atoms with Crippen molar-refractivity contribution in [2.75, 3.05) is 5.32 Å². The Labute approximate surface area is 258 Å². The van der Waals surface area contributed by atoms with E-state index in [-0.39, 0.29) is 11.6 Å². The Balaban J connectivity index is 1.18. The van der Waals surface area contributed by atoms with Gasteiger partial charge < -0.3 is 10.1 Å². The highest BCUT2D eigenvalue weighted by molar-refractivity contribution is 6.17. The van der Waals surface area contributed by atoms with Crippen molar-refractivity contribution in [3.8, 4) is 33.8 Å². The van der Waals surface area contributed by atoms with Crippen LogP contribution in [0.3, 0.4) is 0 Å². The van der Waals surface area contributed by atoms with Gasteiger partial charge in [-0.15, -0.1) is 0 Å². The third-order valence-corrected chi connectivity index (χ3v) is 8.97. The zero-order chi connectivity index (χ0) is 29.7. The first-order chi connectivity index (χ1) is 21.6. The Morgan fingerprint density at radius 2 is 1.20 bits per heavy atom. The summed E-state index contributed by atoms with van der Waals surface area (Å²) in [5.74, 6) is 1.85. The largest absolute Gasteiger partial charge is 0.456 e. The maximum absolute atomic E-state index is 6.60. The van der Waals surface area contributed by atoms with Gasteiger partial charge in [-0.2, -0.15) is 0 Å². The van der Waals surface area contributed by atoms with E-state index in [1.54, 1.807) is 0 Å². The molecule has 8 rings (SSSR count). The molecule has 2 aliphatic heterocycles. The van der Waals surface area contributed by atoms with Crippen LogP contribution in [0.5, 0.6) is 11.5 Å². The molecular formula is C41H32N2O. The molecule has 0 fully saturated rings. The van der Waals surface area contributed by atoms with E-state index in [0.717, 1.165) is 50.7 Å². The van der Waals surface area contributed by atoms with Gasteiger partial charge in [0.2, 0.25) is 0 Å². The Morgan fingerprint density at radius 1 is 0.568 bits per heavy atom. The molecule has 0 spiro atoms. The Morgan fingerprint density at radius 3 is 2.07 bits per heavy atom. The number of rotatable bonds is 4. The van der Waals surface area contributed by atoms with Crippen LogP contribution < -0.4 is 10.1 Å². The van der Waals surface area contributed by atoms with E-state index in [4.69, 9.17) is 9.73 Å². The molecule has 0 radical (unpaired) electrons. The minimum atomic E-state index is -0.230. The predicted octanol–water partition coefficient (Wildman–Crippen LogP) is 10.4. The number of nitrogens with one attached hydrogen (secondary N) is 1. The third kappa shape index (κ3) is 4.40. The van der Waals surface area contributed by atoms with Gasteiger partial charge in [0.05, 0.1) is 5.71 Å². The fourth-order valence-corrected chi connectivity index (χ4v) is 6.60. The third-order valence-electron chi connectivity index (χ3n) is 8.97. The molecule has 0 bridgehead atoms. The number of fused-ring (bicyclic) bond motifs is 3. The predicted molar refractivity (Wildman–Crippen MR) is 181 cm³/mol. The molecule has 6 aromatic rings. The molecule has 44 heavy (non-hydrogen) atoms. The second-order valence-electron chi connectivity index (χ2n) is 12.0. The summed E-state index contributed by atoms with van der Waals surface area (Å²) in [6.45, 7) is 4.55. The van der Waals surface area contributed by atoms with E-state index in [2.05, 4.69) is 153 Å². The SMILES string of the molecule is CC1(C)c2ccccc2Oc2c(-c3cccc(C4N=C(c5ccc(-c6ccccc6)cc5)c5ccccc5N4)c3)cccc21. The van der Waals surface area contributed by atoms with Gasteiger partial charge in [-0.05, 0) is 40.5 Å². The van der Waals surface area contributed by atoms with Crippen molar-refractivity contribution in [1.29, 1.82) is 0 Å². The summed E-state index contributed by atoms with van der Waals surface area (Å²) in [4.78, 5) is 5.32. The minimum absolute atomic E-state index is 0.165. The summed E-state index contributed by atoms with van der Waals surface area (Å²) in [6, 6.07) is 51.2. The molecule has 0 saturated carbocycles. The molecule has 212 valence electrons. The lowest BCUT2D eigenvalue weighted by Gasteiger charge is -2.35. The lowest BCUT2D eigenvalue weighted by atomic mass is 9.75. The van der Waals surface area contributed by atoms with Gasteiger partial charge >= 0.3 is 0 Å². The van der Waals surface area contributed by atoms with E-state index in [1.165, 1.54) is 22.3 Å². The van der Waals surface area contributed by atoms with E-state index < -0.39 is 0 Å². The number of hydrogen-bond donors (Lipinski definition) is 1. The van der Waals surface area contributed by atoms with E-state index >= 15 is 0 Å². The summed E-state index contributed by atoms with van der Waals surface area (Å²) in [5.41, 5.74) is 12.2. The summed E-state index contributed by atoms with van der Waals surface area (Å²) in [7, 11) is 0. The van der Waals surface area contributed by atoms with Crippen molar-refractivity contribution in [3.05, 3.63) is 173 Å². The lowest BCUT2D eigenvalue weighted by molar-refractivity contribution is 0.419. The number of benzene rings is 6. The normalized spacial score (nSPS) is 16.0. The molecule has 0 saturated heterocycles. The van der Waals surface area contributed by atoms with Crippen molar-refractivity contribution in [1.82, 2.24) is 0 Å². The summed E-state index contributed by atoms with van der Waals surface area (Å²) >= 11 is 0. The van der Waals surface area contributed by atoms with Gasteiger partial charge in [0.15, 0.2) is 0 Å². The number of para-hydroxylation sites is 3. The maximum atomic E-state index is 6.60.